The molecule has 2 aromatic rings. The third-order valence-electron chi connectivity index (χ3n) is 3.98. The van der Waals surface area contributed by atoms with Crippen molar-refractivity contribution in [3.05, 3.63) is 64.0 Å². The van der Waals surface area contributed by atoms with E-state index in [0.717, 1.165) is 5.56 Å². The van der Waals surface area contributed by atoms with Crippen LogP contribution in [0.15, 0.2) is 42.5 Å². The number of anilines is 1. The molecule has 0 aliphatic heterocycles. The molecule has 0 bridgehead atoms. The van der Waals surface area contributed by atoms with Gasteiger partial charge in [-0.3, -0.25) is 14.9 Å². The highest BCUT2D eigenvalue weighted by molar-refractivity contribution is 5.92. The molecule has 27 heavy (non-hydrogen) atoms. The van der Waals surface area contributed by atoms with Crippen molar-refractivity contribution in [2.45, 2.75) is 13.3 Å². The maximum atomic E-state index is 12.8. The number of amides is 1. The molecule has 0 heterocycles. The van der Waals surface area contributed by atoms with Gasteiger partial charge in [0.25, 0.3) is 5.69 Å². The molecule has 0 aromatic heterocycles. The first-order valence-corrected chi connectivity index (χ1v) is 8.47. The Morgan fingerprint density at radius 1 is 1.22 bits per heavy atom. The monoisotopic (exact) mass is 375 g/mol. The molecule has 7 nitrogen and oxygen atoms in total. The van der Waals surface area contributed by atoms with Gasteiger partial charge in [-0.1, -0.05) is 6.07 Å². The van der Waals surface area contributed by atoms with Gasteiger partial charge < -0.3 is 15.0 Å². The Morgan fingerprint density at radius 2 is 1.93 bits per heavy atom. The molecule has 0 radical (unpaired) electrons. The zero-order valence-corrected chi connectivity index (χ0v) is 15.3. The summed E-state index contributed by atoms with van der Waals surface area (Å²) in [5.41, 5.74) is 1.14. The van der Waals surface area contributed by atoms with Gasteiger partial charge in [-0.25, -0.2) is 4.39 Å². The van der Waals surface area contributed by atoms with Crippen molar-refractivity contribution in [2.24, 2.45) is 0 Å². The Bertz CT molecular complexity index is 796. The summed E-state index contributed by atoms with van der Waals surface area (Å²) in [6, 6.07) is 10.1. The van der Waals surface area contributed by atoms with Gasteiger partial charge in [0.1, 0.15) is 18.2 Å². The van der Waals surface area contributed by atoms with Crippen molar-refractivity contribution in [2.75, 3.05) is 32.1 Å². The second-order valence-electron chi connectivity index (χ2n) is 6.16. The number of rotatable bonds is 9. The van der Waals surface area contributed by atoms with Crippen LogP contribution in [-0.2, 0) is 4.79 Å². The van der Waals surface area contributed by atoms with Crippen LogP contribution in [0, 0.1) is 22.9 Å². The Morgan fingerprint density at radius 3 is 2.59 bits per heavy atom. The van der Waals surface area contributed by atoms with Crippen molar-refractivity contribution in [1.82, 2.24) is 4.90 Å². The minimum atomic E-state index is -0.496. The summed E-state index contributed by atoms with van der Waals surface area (Å²) in [6.07, 6.45) is 0.245. The third-order valence-corrected chi connectivity index (χ3v) is 3.98. The topological polar surface area (TPSA) is 84.7 Å². The first-order chi connectivity index (χ1) is 12.8. The quantitative estimate of drug-likeness (QED) is 0.536. The Hall–Kier alpha value is -3.00. The van der Waals surface area contributed by atoms with Crippen molar-refractivity contribution in [1.29, 1.82) is 0 Å². The number of nitrogens with one attached hydrogen (secondary N) is 1. The van der Waals surface area contributed by atoms with E-state index in [2.05, 4.69) is 5.32 Å². The largest absolute Gasteiger partial charge is 0.492 e. The van der Waals surface area contributed by atoms with E-state index in [1.807, 2.05) is 11.9 Å². The molecule has 1 amide bonds. The lowest BCUT2D eigenvalue weighted by Crippen LogP contribution is -2.28. The Kier molecular flexibility index (Phi) is 7.25. The lowest BCUT2D eigenvalue weighted by atomic mass is 10.1. The zero-order chi connectivity index (χ0) is 19.8. The van der Waals surface area contributed by atoms with E-state index in [0.29, 0.717) is 31.1 Å². The van der Waals surface area contributed by atoms with Gasteiger partial charge in [-0.2, -0.15) is 0 Å². The van der Waals surface area contributed by atoms with Crippen LogP contribution < -0.4 is 10.1 Å². The molecule has 8 heteroatoms. The second-order valence-corrected chi connectivity index (χ2v) is 6.16. The summed E-state index contributed by atoms with van der Waals surface area (Å²) in [4.78, 5) is 24.4. The fourth-order valence-corrected chi connectivity index (χ4v) is 2.33. The van der Waals surface area contributed by atoms with Crippen LogP contribution in [0.1, 0.15) is 12.0 Å². The van der Waals surface area contributed by atoms with Crippen LogP contribution in [0.5, 0.6) is 5.75 Å². The summed E-state index contributed by atoms with van der Waals surface area (Å²) in [5.74, 6) is 0.0538. The molecule has 144 valence electrons. The van der Waals surface area contributed by atoms with Gasteiger partial charge in [0.05, 0.1) is 10.6 Å². The van der Waals surface area contributed by atoms with E-state index in [-0.39, 0.29) is 23.8 Å². The summed E-state index contributed by atoms with van der Waals surface area (Å²) in [5, 5.41) is 13.6. The molecule has 1 N–H and O–H groups in total. The van der Waals surface area contributed by atoms with Gasteiger partial charge in [-0.05, 0) is 43.8 Å². The van der Waals surface area contributed by atoms with Crippen LogP contribution >= 0.6 is 0 Å². The van der Waals surface area contributed by atoms with Crippen molar-refractivity contribution >= 4 is 17.3 Å². The number of carbonyl (C=O) groups is 1. The second kappa shape index (κ2) is 9.63. The minimum Gasteiger partial charge on any atom is -0.492 e. The fourth-order valence-electron chi connectivity index (χ4n) is 2.33. The number of ether oxygens (including phenoxy) is 1. The number of likely N-dealkylation sites (N-methyl/N-ethyl adjacent to an activating group) is 1. The highest BCUT2D eigenvalue weighted by Crippen LogP contribution is 2.22. The molecular weight excluding hydrogens is 353 g/mol. The summed E-state index contributed by atoms with van der Waals surface area (Å²) >= 11 is 0. The minimum absolute atomic E-state index is 0.0639. The van der Waals surface area contributed by atoms with Crippen LogP contribution in [0.2, 0.25) is 0 Å². The van der Waals surface area contributed by atoms with Crippen LogP contribution in [0.3, 0.4) is 0 Å². The summed E-state index contributed by atoms with van der Waals surface area (Å²) in [6.45, 7) is 3.29. The number of non-ortho nitro benzene ring substituents is 1. The fraction of sp³-hybridized carbons (Fsp3) is 0.316. The van der Waals surface area contributed by atoms with Crippen LogP contribution in [-0.4, -0.2) is 42.5 Å². The molecule has 0 aliphatic carbocycles. The van der Waals surface area contributed by atoms with Gasteiger partial charge in [-0.15, -0.1) is 0 Å². The summed E-state index contributed by atoms with van der Waals surface area (Å²) < 4.78 is 18.3. The standard InChI is InChI=1S/C19H22FN3O4/c1-14-3-6-16(23(25)26)13-18(14)21-19(24)9-10-22(2)11-12-27-17-7-4-15(20)5-8-17/h3-8,13H,9-12H2,1-2H3,(H,21,24). The maximum Gasteiger partial charge on any atom is 0.271 e. The SMILES string of the molecule is Cc1ccc([N+](=O)[O-])cc1NC(=O)CCN(C)CCOc1ccc(F)cc1. The van der Waals surface area contributed by atoms with Gasteiger partial charge in [0.15, 0.2) is 0 Å². The van der Waals surface area contributed by atoms with E-state index in [9.17, 15) is 19.3 Å². The predicted molar refractivity (Wildman–Crippen MR) is 100 cm³/mol. The molecule has 0 saturated carbocycles. The van der Waals surface area contributed by atoms with E-state index < -0.39 is 4.92 Å². The molecule has 0 atom stereocenters. The highest BCUT2D eigenvalue weighted by atomic mass is 19.1. The number of halogens is 1. The molecule has 2 aromatic carbocycles. The van der Waals surface area contributed by atoms with Crippen LogP contribution in [0.4, 0.5) is 15.8 Å². The summed E-state index contributed by atoms with van der Waals surface area (Å²) in [7, 11) is 1.86. The first-order valence-electron chi connectivity index (χ1n) is 8.47. The number of nitro benzene ring substituents is 1. The molecule has 0 unspecified atom stereocenters. The number of nitro groups is 1. The van der Waals surface area contributed by atoms with Crippen molar-refractivity contribution in [3.8, 4) is 5.75 Å². The number of nitrogens with zero attached hydrogens (tertiary/aromatic N) is 2. The van der Waals surface area contributed by atoms with E-state index in [4.69, 9.17) is 4.74 Å². The molecule has 0 spiro atoms. The lowest BCUT2D eigenvalue weighted by molar-refractivity contribution is -0.384. The van der Waals surface area contributed by atoms with Crippen molar-refractivity contribution < 1.29 is 18.8 Å². The normalized spacial score (nSPS) is 10.7. The molecular formula is C19H22FN3O4. The lowest BCUT2D eigenvalue weighted by Gasteiger charge is -2.17. The molecule has 0 fully saturated rings. The average molecular weight is 375 g/mol. The average Bonchev–Trinajstić information content (AvgIpc) is 2.63. The smallest absolute Gasteiger partial charge is 0.271 e. The Balaban J connectivity index is 1.74. The number of hydrogen-bond donors (Lipinski definition) is 1. The van der Waals surface area contributed by atoms with E-state index in [1.165, 1.54) is 24.3 Å². The zero-order valence-electron chi connectivity index (χ0n) is 15.3. The van der Waals surface area contributed by atoms with E-state index >= 15 is 0 Å². The number of hydrogen-bond acceptors (Lipinski definition) is 5. The Labute approximate surface area is 156 Å². The third kappa shape index (κ3) is 6.67. The predicted octanol–water partition coefficient (Wildman–Crippen LogP) is 3.38. The molecule has 2 rings (SSSR count). The number of carbonyl (C=O) groups excluding carboxylic acids is 1. The van der Waals surface area contributed by atoms with E-state index in [1.54, 1.807) is 25.1 Å². The van der Waals surface area contributed by atoms with Crippen LogP contribution in [0.25, 0.3) is 0 Å². The molecule has 0 aliphatic rings. The van der Waals surface area contributed by atoms with Gasteiger partial charge in [0, 0.05) is 31.6 Å². The number of aryl methyl sites for hydroxylation is 1. The van der Waals surface area contributed by atoms with Crippen molar-refractivity contribution in [3.63, 3.8) is 0 Å². The number of benzene rings is 2. The first kappa shape index (κ1) is 20.3. The van der Waals surface area contributed by atoms with Gasteiger partial charge >= 0.3 is 0 Å². The van der Waals surface area contributed by atoms with Gasteiger partial charge in [0.2, 0.25) is 5.91 Å². The molecule has 0 saturated heterocycles. The highest BCUT2D eigenvalue weighted by Gasteiger charge is 2.11. The maximum absolute atomic E-state index is 12.8.